The van der Waals surface area contributed by atoms with Gasteiger partial charge in [-0.25, -0.2) is 0 Å². The van der Waals surface area contributed by atoms with Crippen LogP contribution in [0.3, 0.4) is 0 Å². The molecule has 2 rings (SSSR count). The Morgan fingerprint density at radius 2 is 1.90 bits per heavy atom. The molecule has 0 aliphatic carbocycles. The molecule has 0 radical (unpaired) electrons. The number of anilines is 1. The van der Waals surface area contributed by atoms with Gasteiger partial charge < -0.3 is 14.8 Å². The minimum absolute atomic E-state index is 0.0988. The predicted molar refractivity (Wildman–Crippen MR) is 78.6 cm³/mol. The van der Waals surface area contributed by atoms with Crippen LogP contribution in [0.1, 0.15) is 0 Å². The molecule has 2 aromatic carbocycles. The molecule has 0 aliphatic heterocycles. The number of amides is 1. The van der Waals surface area contributed by atoms with Crippen LogP contribution in [0, 0.1) is 0 Å². The van der Waals surface area contributed by atoms with Crippen molar-refractivity contribution >= 4 is 23.2 Å². The molecule has 0 saturated carbocycles. The SMILES string of the molecule is COc1cccc(OCC(=O)Nc2ccccc2Cl)c1. The summed E-state index contributed by atoms with van der Waals surface area (Å²) in [5, 5.41) is 3.17. The Morgan fingerprint density at radius 1 is 1.15 bits per heavy atom. The maximum Gasteiger partial charge on any atom is 0.262 e. The highest BCUT2D eigenvalue weighted by Gasteiger charge is 2.06. The zero-order valence-electron chi connectivity index (χ0n) is 10.9. The quantitative estimate of drug-likeness (QED) is 0.919. The zero-order valence-corrected chi connectivity index (χ0v) is 11.7. The lowest BCUT2D eigenvalue weighted by Crippen LogP contribution is -2.20. The van der Waals surface area contributed by atoms with Crippen molar-refractivity contribution in [1.29, 1.82) is 0 Å². The molecule has 0 heterocycles. The first-order chi connectivity index (χ1) is 9.69. The van der Waals surface area contributed by atoms with Crippen LogP contribution >= 0.6 is 11.6 Å². The summed E-state index contributed by atoms with van der Waals surface area (Å²) < 4.78 is 10.5. The number of hydrogen-bond donors (Lipinski definition) is 1. The van der Waals surface area contributed by atoms with E-state index < -0.39 is 0 Å². The van der Waals surface area contributed by atoms with Crippen LogP contribution in [0.5, 0.6) is 11.5 Å². The second kappa shape index (κ2) is 6.82. The molecule has 104 valence electrons. The first-order valence-electron chi connectivity index (χ1n) is 6.00. The van der Waals surface area contributed by atoms with Crippen molar-refractivity contribution in [3.63, 3.8) is 0 Å². The number of methoxy groups -OCH3 is 1. The molecule has 2 aromatic rings. The number of rotatable bonds is 5. The fraction of sp³-hybridized carbons (Fsp3) is 0.133. The predicted octanol–water partition coefficient (Wildman–Crippen LogP) is 3.37. The summed E-state index contributed by atoms with van der Waals surface area (Å²) in [7, 11) is 1.57. The van der Waals surface area contributed by atoms with E-state index in [1.807, 2.05) is 0 Å². The molecule has 5 heteroatoms. The molecule has 0 unspecified atom stereocenters. The Bertz CT molecular complexity index is 601. The number of nitrogens with one attached hydrogen (secondary N) is 1. The Balaban J connectivity index is 1.90. The van der Waals surface area contributed by atoms with Crippen LogP contribution in [0.4, 0.5) is 5.69 Å². The number of benzene rings is 2. The summed E-state index contributed by atoms with van der Waals surface area (Å²) in [4.78, 5) is 11.8. The van der Waals surface area contributed by atoms with Gasteiger partial charge in [-0.15, -0.1) is 0 Å². The van der Waals surface area contributed by atoms with E-state index in [0.29, 0.717) is 22.2 Å². The average Bonchev–Trinajstić information content (AvgIpc) is 2.48. The van der Waals surface area contributed by atoms with Gasteiger partial charge >= 0.3 is 0 Å². The van der Waals surface area contributed by atoms with Gasteiger partial charge in [0.1, 0.15) is 11.5 Å². The minimum Gasteiger partial charge on any atom is -0.497 e. The number of ether oxygens (including phenoxy) is 2. The van der Waals surface area contributed by atoms with Crippen molar-refractivity contribution in [2.45, 2.75) is 0 Å². The second-order valence-corrected chi connectivity index (χ2v) is 4.40. The zero-order chi connectivity index (χ0) is 14.4. The van der Waals surface area contributed by atoms with Crippen molar-refractivity contribution in [1.82, 2.24) is 0 Å². The topological polar surface area (TPSA) is 47.6 Å². The van der Waals surface area contributed by atoms with Crippen LogP contribution in [-0.4, -0.2) is 19.6 Å². The highest BCUT2D eigenvalue weighted by molar-refractivity contribution is 6.33. The molecule has 0 fully saturated rings. The lowest BCUT2D eigenvalue weighted by molar-refractivity contribution is -0.118. The van der Waals surface area contributed by atoms with Gasteiger partial charge in [0.25, 0.3) is 5.91 Å². The largest absolute Gasteiger partial charge is 0.497 e. The second-order valence-electron chi connectivity index (χ2n) is 4.00. The molecule has 0 bridgehead atoms. The maximum absolute atomic E-state index is 11.8. The molecular weight excluding hydrogens is 278 g/mol. The van der Waals surface area contributed by atoms with Crippen molar-refractivity contribution < 1.29 is 14.3 Å². The molecule has 0 saturated heterocycles. The summed E-state index contributed by atoms with van der Waals surface area (Å²) in [6.45, 7) is -0.0988. The van der Waals surface area contributed by atoms with Crippen LogP contribution in [0.15, 0.2) is 48.5 Å². The lowest BCUT2D eigenvalue weighted by atomic mass is 10.3. The van der Waals surface area contributed by atoms with Gasteiger partial charge in [0, 0.05) is 6.07 Å². The third-order valence-electron chi connectivity index (χ3n) is 2.56. The summed E-state index contributed by atoms with van der Waals surface area (Å²) in [6, 6.07) is 14.1. The summed E-state index contributed by atoms with van der Waals surface area (Å²) in [5.41, 5.74) is 0.563. The Morgan fingerprint density at radius 3 is 2.65 bits per heavy atom. The first kappa shape index (κ1) is 14.2. The molecule has 0 spiro atoms. The van der Waals surface area contributed by atoms with Gasteiger partial charge in [-0.2, -0.15) is 0 Å². The van der Waals surface area contributed by atoms with Gasteiger partial charge in [-0.05, 0) is 24.3 Å². The van der Waals surface area contributed by atoms with E-state index in [9.17, 15) is 4.79 Å². The van der Waals surface area contributed by atoms with E-state index in [1.54, 1.807) is 55.6 Å². The summed E-state index contributed by atoms with van der Waals surface area (Å²) in [5.74, 6) is 0.966. The summed E-state index contributed by atoms with van der Waals surface area (Å²) in [6.07, 6.45) is 0. The van der Waals surface area contributed by atoms with E-state index in [1.165, 1.54) is 0 Å². The normalized spacial score (nSPS) is 9.90. The van der Waals surface area contributed by atoms with E-state index >= 15 is 0 Å². The third kappa shape index (κ3) is 3.90. The molecule has 0 aliphatic rings. The van der Waals surface area contributed by atoms with Crippen molar-refractivity contribution in [2.24, 2.45) is 0 Å². The maximum atomic E-state index is 11.8. The molecule has 1 amide bonds. The molecule has 4 nitrogen and oxygen atoms in total. The Labute approximate surface area is 122 Å². The van der Waals surface area contributed by atoms with Gasteiger partial charge in [0.15, 0.2) is 6.61 Å². The lowest BCUT2D eigenvalue weighted by Gasteiger charge is -2.09. The summed E-state index contributed by atoms with van der Waals surface area (Å²) >= 11 is 5.95. The van der Waals surface area contributed by atoms with E-state index in [2.05, 4.69) is 5.32 Å². The van der Waals surface area contributed by atoms with Crippen LogP contribution in [0.25, 0.3) is 0 Å². The molecule has 20 heavy (non-hydrogen) atoms. The van der Waals surface area contributed by atoms with E-state index in [4.69, 9.17) is 21.1 Å². The average molecular weight is 292 g/mol. The minimum atomic E-state index is -0.277. The molecule has 1 N–H and O–H groups in total. The van der Waals surface area contributed by atoms with Gasteiger partial charge in [-0.1, -0.05) is 29.8 Å². The monoisotopic (exact) mass is 291 g/mol. The number of para-hydroxylation sites is 1. The molecular formula is C15H14ClNO3. The molecule has 0 atom stereocenters. The third-order valence-corrected chi connectivity index (χ3v) is 2.89. The van der Waals surface area contributed by atoms with Crippen molar-refractivity contribution in [2.75, 3.05) is 19.0 Å². The fourth-order valence-electron chi connectivity index (χ4n) is 1.59. The number of carbonyl (C=O) groups excluding carboxylic acids is 1. The van der Waals surface area contributed by atoms with E-state index in [0.717, 1.165) is 0 Å². The van der Waals surface area contributed by atoms with E-state index in [-0.39, 0.29) is 12.5 Å². The van der Waals surface area contributed by atoms with Crippen LogP contribution < -0.4 is 14.8 Å². The van der Waals surface area contributed by atoms with Gasteiger partial charge in [0.2, 0.25) is 0 Å². The Kier molecular flexibility index (Phi) is 4.85. The number of halogens is 1. The first-order valence-corrected chi connectivity index (χ1v) is 6.38. The van der Waals surface area contributed by atoms with Gasteiger partial charge in [-0.3, -0.25) is 4.79 Å². The standard InChI is InChI=1S/C15H14ClNO3/c1-19-11-5-4-6-12(9-11)20-10-15(18)17-14-8-3-2-7-13(14)16/h2-9H,10H2,1H3,(H,17,18). The van der Waals surface area contributed by atoms with Crippen molar-refractivity contribution in [3.05, 3.63) is 53.6 Å². The van der Waals surface area contributed by atoms with Crippen LogP contribution in [-0.2, 0) is 4.79 Å². The fourth-order valence-corrected chi connectivity index (χ4v) is 1.77. The number of hydrogen-bond acceptors (Lipinski definition) is 3. The van der Waals surface area contributed by atoms with Gasteiger partial charge in [0.05, 0.1) is 17.8 Å². The van der Waals surface area contributed by atoms with Crippen molar-refractivity contribution in [3.8, 4) is 11.5 Å². The highest BCUT2D eigenvalue weighted by atomic mass is 35.5. The highest BCUT2D eigenvalue weighted by Crippen LogP contribution is 2.21. The van der Waals surface area contributed by atoms with Crippen LogP contribution in [0.2, 0.25) is 5.02 Å². The Hall–Kier alpha value is -2.20. The number of carbonyl (C=O) groups is 1. The smallest absolute Gasteiger partial charge is 0.262 e. The molecule has 0 aromatic heterocycles.